The Morgan fingerprint density at radius 1 is 1.07 bits per heavy atom. The van der Waals surface area contributed by atoms with Crippen molar-refractivity contribution in [1.29, 1.82) is 0 Å². The van der Waals surface area contributed by atoms with Crippen LogP contribution in [-0.4, -0.2) is 16.9 Å². The molecule has 5 nitrogen and oxygen atoms in total. The molecule has 3 aromatic rings. The molecule has 1 aromatic heterocycles. The van der Waals surface area contributed by atoms with Crippen LogP contribution in [0.3, 0.4) is 0 Å². The number of hydrogen-bond acceptors (Lipinski definition) is 3. The molecule has 2 N–H and O–H groups in total. The lowest BCUT2D eigenvalue weighted by Gasteiger charge is -2.12. The first kappa shape index (κ1) is 18.5. The lowest BCUT2D eigenvalue weighted by molar-refractivity contribution is 0.0977. The topological polar surface area (TPSA) is 66.4 Å². The van der Waals surface area contributed by atoms with Crippen LogP contribution >= 0.6 is 11.6 Å². The van der Waals surface area contributed by atoms with Gasteiger partial charge in [-0.2, -0.15) is 0 Å². The Labute approximate surface area is 160 Å². The van der Waals surface area contributed by atoms with Crippen LogP contribution in [0.1, 0.15) is 16.1 Å². The van der Waals surface area contributed by atoms with Crippen LogP contribution < -0.4 is 10.6 Å². The van der Waals surface area contributed by atoms with Crippen LogP contribution in [0.25, 0.3) is 0 Å². The monoisotopic (exact) mass is 382 g/mol. The Balaban J connectivity index is 1.81. The van der Waals surface area contributed by atoms with Crippen LogP contribution in [0, 0.1) is 5.82 Å². The maximum absolute atomic E-state index is 13.4. The Kier molecular flexibility index (Phi) is 6.12. The molecule has 0 spiro atoms. The third-order valence-electron chi connectivity index (χ3n) is 3.58. The summed E-state index contributed by atoms with van der Waals surface area (Å²) in [5.74, 6) is -0.643. The van der Waals surface area contributed by atoms with Crippen LogP contribution in [0.4, 0.5) is 10.1 Å². The summed E-state index contributed by atoms with van der Waals surface area (Å²) in [6, 6.07) is 18.4. The van der Waals surface area contributed by atoms with Crippen molar-refractivity contribution in [2.45, 2.75) is 6.54 Å². The fourth-order valence-electron chi connectivity index (χ4n) is 2.24. The third-order valence-corrected chi connectivity index (χ3v) is 3.87. The van der Waals surface area contributed by atoms with Crippen LogP contribution in [0.2, 0.25) is 5.02 Å². The number of nitrogens with zero attached hydrogens (tertiary/aromatic N) is 2. The van der Waals surface area contributed by atoms with Gasteiger partial charge in [0.2, 0.25) is 5.96 Å². The van der Waals surface area contributed by atoms with Gasteiger partial charge in [-0.1, -0.05) is 35.9 Å². The van der Waals surface area contributed by atoms with E-state index < -0.39 is 5.82 Å². The number of aliphatic imine (C=N–C) groups is 1. The summed E-state index contributed by atoms with van der Waals surface area (Å²) >= 11 is 5.82. The molecule has 0 saturated carbocycles. The van der Waals surface area contributed by atoms with Gasteiger partial charge in [-0.15, -0.1) is 0 Å². The van der Waals surface area contributed by atoms with Crippen LogP contribution in [0.15, 0.2) is 77.9 Å². The maximum Gasteiger partial charge on any atom is 0.257 e. The Morgan fingerprint density at radius 3 is 2.56 bits per heavy atom. The smallest absolute Gasteiger partial charge is 0.257 e. The summed E-state index contributed by atoms with van der Waals surface area (Å²) in [5, 5.41) is 5.65. The molecule has 136 valence electrons. The van der Waals surface area contributed by atoms with Crippen molar-refractivity contribution in [3.05, 3.63) is 95.0 Å². The largest absolute Gasteiger partial charge is 0.326 e. The summed E-state index contributed by atoms with van der Waals surface area (Å²) in [6.07, 6.45) is 1.67. The van der Waals surface area contributed by atoms with Gasteiger partial charge in [0, 0.05) is 17.4 Å². The minimum absolute atomic E-state index is 0.0292. The number of benzene rings is 2. The maximum atomic E-state index is 13.4. The van der Waals surface area contributed by atoms with Gasteiger partial charge >= 0.3 is 0 Å². The number of aromatic nitrogens is 1. The second kappa shape index (κ2) is 8.91. The summed E-state index contributed by atoms with van der Waals surface area (Å²) < 4.78 is 13.4. The Bertz CT molecular complexity index is 949. The molecule has 0 aliphatic carbocycles. The number of pyridine rings is 1. The highest BCUT2D eigenvalue weighted by atomic mass is 35.5. The van der Waals surface area contributed by atoms with Crippen molar-refractivity contribution in [3.8, 4) is 0 Å². The zero-order chi connectivity index (χ0) is 19.1. The molecule has 0 atom stereocenters. The number of rotatable bonds is 4. The first-order valence-corrected chi connectivity index (χ1v) is 8.52. The molecule has 0 aliphatic rings. The van der Waals surface area contributed by atoms with E-state index in [0.717, 1.165) is 5.69 Å². The molecule has 0 saturated heterocycles. The highest BCUT2D eigenvalue weighted by Gasteiger charge is 2.10. The molecule has 0 fully saturated rings. The van der Waals surface area contributed by atoms with E-state index in [1.165, 1.54) is 18.2 Å². The predicted molar refractivity (Wildman–Crippen MR) is 104 cm³/mol. The second-order valence-corrected chi connectivity index (χ2v) is 5.97. The molecule has 0 radical (unpaired) electrons. The van der Waals surface area contributed by atoms with Gasteiger partial charge < -0.3 is 5.32 Å². The van der Waals surface area contributed by atoms with E-state index in [1.54, 1.807) is 30.5 Å². The van der Waals surface area contributed by atoms with Gasteiger partial charge in [0.05, 0.1) is 17.3 Å². The first-order chi connectivity index (χ1) is 13.1. The molecule has 27 heavy (non-hydrogen) atoms. The number of guanidine groups is 1. The van der Waals surface area contributed by atoms with E-state index in [0.29, 0.717) is 11.3 Å². The number of halogens is 2. The molecule has 2 aromatic carbocycles. The summed E-state index contributed by atoms with van der Waals surface area (Å²) in [5.41, 5.74) is 1.72. The van der Waals surface area contributed by atoms with E-state index in [-0.39, 0.29) is 23.4 Å². The average Bonchev–Trinajstić information content (AvgIpc) is 2.70. The normalized spacial score (nSPS) is 11.1. The molecule has 0 aliphatic heterocycles. The lowest BCUT2D eigenvalue weighted by atomic mass is 10.2. The summed E-state index contributed by atoms with van der Waals surface area (Å²) in [4.78, 5) is 21.0. The second-order valence-electron chi connectivity index (χ2n) is 5.56. The van der Waals surface area contributed by atoms with Gasteiger partial charge in [0.25, 0.3) is 5.91 Å². The van der Waals surface area contributed by atoms with Gasteiger partial charge in [0.15, 0.2) is 0 Å². The van der Waals surface area contributed by atoms with Gasteiger partial charge in [0.1, 0.15) is 5.82 Å². The number of hydrogen-bond donors (Lipinski definition) is 2. The van der Waals surface area contributed by atoms with E-state index >= 15 is 0 Å². The quantitative estimate of drug-likeness (QED) is 0.523. The average molecular weight is 383 g/mol. The zero-order valence-corrected chi connectivity index (χ0v) is 14.9. The Morgan fingerprint density at radius 2 is 1.85 bits per heavy atom. The highest BCUT2D eigenvalue weighted by Crippen LogP contribution is 2.19. The van der Waals surface area contributed by atoms with E-state index in [2.05, 4.69) is 20.6 Å². The minimum atomic E-state index is -0.525. The van der Waals surface area contributed by atoms with Crippen molar-refractivity contribution in [2.75, 3.05) is 5.32 Å². The molecular formula is C20H16ClFN4O. The summed E-state index contributed by atoms with van der Waals surface area (Å²) in [6.45, 7) is 0.257. The van der Waals surface area contributed by atoms with E-state index in [4.69, 9.17) is 11.6 Å². The van der Waals surface area contributed by atoms with Crippen molar-refractivity contribution in [2.24, 2.45) is 4.99 Å². The van der Waals surface area contributed by atoms with Crippen molar-refractivity contribution < 1.29 is 9.18 Å². The van der Waals surface area contributed by atoms with E-state index in [9.17, 15) is 9.18 Å². The Hall–Kier alpha value is -3.25. The predicted octanol–water partition coefficient (Wildman–Crippen LogP) is 4.27. The molecular weight excluding hydrogens is 367 g/mol. The summed E-state index contributed by atoms with van der Waals surface area (Å²) in [7, 11) is 0. The number of anilines is 1. The SMILES string of the molecule is O=C(NC(=NCc1ccccn1)Nc1ccc(F)c(Cl)c1)c1ccccc1. The molecule has 0 bridgehead atoms. The molecule has 1 heterocycles. The van der Waals surface area contributed by atoms with Crippen molar-refractivity contribution in [1.82, 2.24) is 10.3 Å². The molecule has 0 unspecified atom stereocenters. The van der Waals surface area contributed by atoms with Gasteiger partial charge in [-0.25, -0.2) is 9.38 Å². The number of carbonyl (C=O) groups is 1. The molecule has 1 amide bonds. The number of nitrogens with one attached hydrogen (secondary N) is 2. The minimum Gasteiger partial charge on any atom is -0.326 e. The van der Waals surface area contributed by atoms with Crippen molar-refractivity contribution >= 4 is 29.2 Å². The van der Waals surface area contributed by atoms with Crippen LogP contribution in [0.5, 0.6) is 0 Å². The van der Waals surface area contributed by atoms with Gasteiger partial charge in [-0.3, -0.25) is 15.1 Å². The third kappa shape index (κ3) is 5.36. The zero-order valence-electron chi connectivity index (χ0n) is 14.2. The molecule has 3 rings (SSSR count). The fourth-order valence-corrected chi connectivity index (χ4v) is 2.42. The number of amides is 1. The highest BCUT2D eigenvalue weighted by molar-refractivity contribution is 6.31. The first-order valence-electron chi connectivity index (χ1n) is 8.14. The molecule has 7 heteroatoms. The van der Waals surface area contributed by atoms with Gasteiger partial charge in [-0.05, 0) is 42.5 Å². The van der Waals surface area contributed by atoms with E-state index in [1.807, 2.05) is 24.3 Å². The standard InChI is InChI=1S/C20H16ClFN4O/c21-17-12-15(9-10-18(17)22)25-20(24-13-16-8-4-5-11-23-16)26-19(27)14-6-2-1-3-7-14/h1-12H,13H2,(H2,24,25,26,27). The lowest BCUT2D eigenvalue weighted by Crippen LogP contribution is -2.36. The fraction of sp³-hybridized carbons (Fsp3) is 0.0500. The van der Waals surface area contributed by atoms with Crippen molar-refractivity contribution in [3.63, 3.8) is 0 Å². The van der Waals surface area contributed by atoms with Crippen LogP contribution in [-0.2, 0) is 6.54 Å². The number of carbonyl (C=O) groups excluding carboxylic acids is 1.